The summed E-state index contributed by atoms with van der Waals surface area (Å²) in [6.07, 6.45) is 4.36. The molecule has 1 aliphatic rings. The van der Waals surface area contributed by atoms with Gasteiger partial charge in [-0.1, -0.05) is 13.8 Å². The Bertz CT molecular complexity index is 160. The van der Waals surface area contributed by atoms with Crippen LogP contribution in [0.3, 0.4) is 0 Å². The van der Waals surface area contributed by atoms with Gasteiger partial charge in [0.1, 0.15) is 0 Å². The molecule has 84 valence electrons. The minimum atomic E-state index is -0.464. The number of nitrogens with one attached hydrogen (secondary N) is 1. The average Bonchev–Trinajstić information content (AvgIpc) is 2.61. The predicted octanol–water partition coefficient (Wildman–Crippen LogP) is 0.898. The van der Waals surface area contributed by atoms with Crippen molar-refractivity contribution < 1.29 is 10.2 Å². The van der Waals surface area contributed by atoms with Gasteiger partial charge in [0.15, 0.2) is 0 Å². The van der Waals surface area contributed by atoms with Crippen LogP contribution < -0.4 is 5.32 Å². The van der Waals surface area contributed by atoms with Gasteiger partial charge in [-0.15, -0.1) is 0 Å². The number of rotatable bonds is 5. The molecule has 0 radical (unpaired) electrons. The molecule has 3 N–H and O–H groups in total. The summed E-state index contributed by atoms with van der Waals surface area (Å²) >= 11 is 0. The Balaban J connectivity index is 2.47. The van der Waals surface area contributed by atoms with Crippen LogP contribution >= 0.6 is 0 Å². The SMILES string of the molecule is CCC(CO)(CO)NC1CCC(C)C1. The summed E-state index contributed by atoms with van der Waals surface area (Å²) in [5, 5.41) is 22.0. The molecular weight excluding hydrogens is 178 g/mol. The standard InChI is InChI=1S/C11H23NO2/c1-3-11(7-13,8-14)12-10-5-4-9(2)6-10/h9-10,12-14H,3-8H2,1-2H3. The first-order valence-electron chi connectivity index (χ1n) is 5.65. The first-order valence-corrected chi connectivity index (χ1v) is 5.65. The summed E-state index contributed by atoms with van der Waals surface area (Å²) in [7, 11) is 0. The molecule has 2 unspecified atom stereocenters. The van der Waals surface area contributed by atoms with Crippen molar-refractivity contribution in [3.8, 4) is 0 Å². The number of aliphatic hydroxyl groups excluding tert-OH is 2. The fraction of sp³-hybridized carbons (Fsp3) is 1.00. The van der Waals surface area contributed by atoms with Gasteiger partial charge in [-0.25, -0.2) is 0 Å². The van der Waals surface area contributed by atoms with Crippen molar-refractivity contribution in [2.24, 2.45) is 5.92 Å². The molecule has 1 saturated carbocycles. The number of hydrogen-bond acceptors (Lipinski definition) is 3. The van der Waals surface area contributed by atoms with E-state index in [9.17, 15) is 10.2 Å². The molecule has 1 rings (SSSR count). The van der Waals surface area contributed by atoms with Gasteiger partial charge in [0.2, 0.25) is 0 Å². The molecule has 0 aromatic carbocycles. The van der Waals surface area contributed by atoms with Gasteiger partial charge in [0, 0.05) is 6.04 Å². The zero-order chi connectivity index (χ0) is 10.6. The van der Waals surface area contributed by atoms with Gasteiger partial charge >= 0.3 is 0 Å². The van der Waals surface area contributed by atoms with Crippen LogP contribution in [-0.4, -0.2) is 35.0 Å². The van der Waals surface area contributed by atoms with E-state index in [1.807, 2.05) is 6.92 Å². The second-order valence-corrected chi connectivity index (χ2v) is 4.71. The Hall–Kier alpha value is -0.120. The summed E-state index contributed by atoms with van der Waals surface area (Å²) in [5.74, 6) is 0.777. The van der Waals surface area contributed by atoms with E-state index in [0.29, 0.717) is 6.04 Å². The van der Waals surface area contributed by atoms with Gasteiger partial charge in [-0.3, -0.25) is 0 Å². The Labute approximate surface area is 86.5 Å². The quantitative estimate of drug-likeness (QED) is 0.619. The van der Waals surface area contributed by atoms with E-state index in [1.165, 1.54) is 19.3 Å². The monoisotopic (exact) mass is 201 g/mol. The molecule has 0 saturated heterocycles. The third-order valence-electron chi connectivity index (χ3n) is 3.49. The molecule has 0 heterocycles. The van der Waals surface area contributed by atoms with E-state index in [0.717, 1.165) is 12.3 Å². The minimum absolute atomic E-state index is 0.0187. The van der Waals surface area contributed by atoms with E-state index in [4.69, 9.17) is 0 Å². The maximum atomic E-state index is 9.28. The molecule has 0 amide bonds. The molecule has 1 aliphatic carbocycles. The first kappa shape index (κ1) is 12.0. The van der Waals surface area contributed by atoms with Crippen molar-refractivity contribution in [3.63, 3.8) is 0 Å². The van der Waals surface area contributed by atoms with Crippen molar-refractivity contribution >= 4 is 0 Å². The summed E-state index contributed by atoms with van der Waals surface area (Å²) in [5.41, 5.74) is -0.464. The summed E-state index contributed by atoms with van der Waals surface area (Å²) in [4.78, 5) is 0. The number of hydrogen-bond donors (Lipinski definition) is 3. The van der Waals surface area contributed by atoms with Crippen LogP contribution in [0.25, 0.3) is 0 Å². The molecular formula is C11H23NO2. The van der Waals surface area contributed by atoms with Crippen LogP contribution in [0.4, 0.5) is 0 Å². The zero-order valence-corrected chi connectivity index (χ0v) is 9.29. The van der Waals surface area contributed by atoms with Crippen molar-refractivity contribution in [1.82, 2.24) is 5.32 Å². The molecule has 0 bridgehead atoms. The van der Waals surface area contributed by atoms with Crippen LogP contribution in [0.1, 0.15) is 39.5 Å². The summed E-state index contributed by atoms with van der Waals surface area (Å²) < 4.78 is 0. The van der Waals surface area contributed by atoms with Crippen molar-refractivity contribution in [2.75, 3.05) is 13.2 Å². The smallest absolute Gasteiger partial charge is 0.0647 e. The average molecular weight is 201 g/mol. The normalized spacial score (nSPS) is 28.3. The molecule has 3 nitrogen and oxygen atoms in total. The van der Waals surface area contributed by atoms with Crippen molar-refractivity contribution in [2.45, 2.75) is 51.1 Å². The Morgan fingerprint density at radius 1 is 1.29 bits per heavy atom. The molecule has 0 aliphatic heterocycles. The van der Waals surface area contributed by atoms with Gasteiger partial charge in [0.05, 0.1) is 18.8 Å². The lowest BCUT2D eigenvalue weighted by Crippen LogP contribution is -2.54. The highest BCUT2D eigenvalue weighted by atomic mass is 16.3. The van der Waals surface area contributed by atoms with E-state index < -0.39 is 5.54 Å². The van der Waals surface area contributed by atoms with E-state index in [1.54, 1.807) is 0 Å². The van der Waals surface area contributed by atoms with E-state index >= 15 is 0 Å². The van der Waals surface area contributed by atoms with Crippen LogP contribution in [-0.2, 0) is 0 Å². The van der Waals surface area contributed by atoms with E-state index in [-0.39, 0.29) is 13.2 Å². The van der Waals surface area contributed by atoms with Crippen LogP contribution in [0.2, 0.25) is 0 Å². The fourth-order valence-electron chi connectivity index (χ4n) is 2.24. The lowest BCUT2D eigenvalue weighted by molar-refractivity contribution is 0.0777. The molecule has 0 spiro atoms. The highest BCUT2D eigenvalue weighted by Crippen LogP contribution is 2.26. The topological polar surface area (TPSA) is 52.5 Å². The van der Waals surface area contributed by atoms with Crippen molar-refractivity contribution in [1.29, 1.82) is 0 Å². The highest BCUT2D eigenvalue weighted by molar-refractivity contribution is 4.91. The Morgan fingerprint density at radius 2 is 1.93 bits per heavy atom. The highest BCUT2D eigenvalue weighted by Gasteiger charge is 2.32. The van der Waals surface area contributed by atoms with Crippen LogP contribution in [0.5, 0.6) is 0 Å². The van der Waals surface area contributed by atoms with Gasteiger partial charge < -0.3 is 15.5 Å². The van der Waals surface area contributed by atoms with Gasteiger partial charge in [0.25, 0.3) is 0 Å². The predicted molar refractivity (Wildman–Crippen MR) is 57.1 cm³/mol. The second kappa shape index (κ2) is 5.10. The second-order valence-electron chi connectivity index (χ2n) is 4.71. The van der Waals surface area contributed by atoms with Gasteiger partial charge in [-0.05, 0) is 31.6 Å². The first-order chi connectivity index (χ1) is 6.65. The molecule has 1 fully saturated rings. The molecule has 2 atom stereocenters. The Morgan fingerprint density at radius 3 is 2.29 bits per heavy atom. The third kappa shape index (κ3) is 2.69. The van der Waals surface area contributed by atoms with Crippen LogP contribution in [0, 0.1) is 5.92 Å². The summed E-state index contributed by atoms with van der Waals surface area (Å²) in [6, 6.07) is 0.476. The number of aliphatic hydroxyl groups is 2. The molecule has 14 heavy (non-hydrogen) atoms. The molecule has 3 heteroatoms. The molecule has 0 aromatic rings. The lowest BCUT2D eigenvalue weighted by atomic mass is 9.96. The van der Waals surface area contributed by atoms with Crippen LogP contribution in [0.15, 0.2) is 0 Å². The van der Waals surface area contributed by atoms with E-state index in [2.05, 4.69) is 12.2 Å². The third-order valence-corrected chi connectivity index (χ3v) is 3.49. The lowest BCUT2D eigenvalue weighted by Gasteiger charge is -2.33. The maximum absolute atomic E-state index is 9.28. The largest absolute Gasteiger partial charge is 0.394 e. The zero-order valence-electron chi connectivity index (χ0n) is 9.29. The maximum Gasteiger partial charge on any atom is 0.0647 e. The minimum Gasteiger partial charge on any atom is -0.394 e. The fourth-order valence-corrected chi connectivity index (χ4v) is 2.24. The van der Waals surface area contributed by atoms with Crippen molar-refractivity contribution in [3.05, 3.63) is 0 Å². The summed E-state index contributed by atoms with van der Waals surface area (Å²) in [6.45, 7) is 4.29. The Kier molecular flexibility index (Phi) is 4.35. The molecule has 0 aromatic heterocycles. The van der Waals surface area contributed by atoms with Gasteiger partial charge in [-0.2, -0.15) is 0 Å².